The monoisotopic (exact) mass is 353 g/mol. The smallest absolute Gasteiger partial charge is 0.258 e. The van der Waals surface area contributed by atoms with E-state index in [1.54, 1.807) is 24.3 Å². The highest BCUT2D eigenvalue weighted by atomic mass is 32.2. The number of pyridine rings is 1. The van der Waals surface area contributed by atoms with Gasteiger partial charge in [-0.3, -0.25) is 10.1 Å². The van der Waals surface area contributed by atoms with Crippen molar-refractivity contribution < 1.29 is 13.3 Å². The molecule has 2 aromatic rings. The van der Waals surface area contributed by atoms with Gasteiger partial charge < -0.3 is 0 Å². The van der Waals surface area contributed by atoms with Crippen molar-refractivity contribution in [2.24, 2.45) is 0 Å². The molecule has 0 saturated heterocycles. The van der Waals surface area contributed by atoms with E-state index in [1.807, 2.05) is 0 Å². The van der Waals surface area contributed by atoms with Gasteiger partial charge in [-0.25, -0.2) is 17.7 Å². The van der Waals surface area contributed by atoms with Gasteiger partial charge in [0, 0.05) is 37.7 Å². The van der Waals surface area contributed by atoms with Crippen LogP contribution in [0.15, 0.2) is 52.5 Å². The van der Waals surface area contributed by atoms with E-state index in [0.717, 1.165) is 4.31 Å². The summed E-state index contributed by atoms with van der Waals surface area (Å²) in [5, 5.41) is 11.6. The lowest BCUT2D eigenvalue weighted by Gasteiger charge is -2.11. The molecule has 0 spiro atoms. The van der Waals surface area contributed by atoms with Crippen molar-refractivity contribution in [1.82, 2.24) is 9.29 Å². The number of nitro groups is 1. The van der Waals surface area contributed by atoms with Crippen molar-refractivity contribution in [3.8, 4) is 0 Å². The average Bonchev–Trinajstić information content (AvgIpc) is 2.53. The summed E-state index contributed by atoms with van der Waals surface area (Å²) < 4.78 is 25.0. The molecule has 7 nitrogen and oxygen atoms in total. The van der Waals surface area contributed by atoms with E-state index in [-0.39, 0.29) is 10.6 Å². The lowest BCUT2D eigenvalue weighted by Crippen LogP contribution is -2.22. The highest BCUT2D eigenvalue weighted by Crippen LogP contribution is 2.27. The minimum absolute atomic E-state index is 0.0619. The summed E-state index contributed by atoms with van der Waals surface area (Å²) in [6.07, 6.45) is 1.29. The number of rotatable bonds is 6. The lowest BCUT2D eigenvalue weighted by molar-refractivity contribution is -0.385. The van der Waals surface area contributed by atoms with Gasteiger partial charge in [0.1, 0.15) is 4.90 Å². The first-order valence-electron chi connectivity index (χ1n) is 6.56. The van der Waals surface area contributed by atoms with Crippen LogP contribution in [0.4, 0.5) is 5.69 Å². The molecule has 0 fully saturated rings. The van der Waals surface area contributed by atoms with Gasteiger partial charge in [0.25, 0.3) is 5.69 Å². The van der Waals surface area contributed by atoms with Crippen molar-refractivity contribution in [2.45, 2.75) is 15.7 Å². The average molecular weight is 353 g/mol. The van der Waals surface area contributed by atoms with Crippen LogP contribution < -0.4 is 0 Å². The van der Waals surface area contributed by atoms with Crippen LogP contribution in [0.3, 0.4) is 0 Å². The van der Waals surface area contributed by atoms with Gasteiger partial charge in [-0.15, -0.1) is 11.8 Å². The summed E-state index contributed by atoms with van der Waals surface area (Å²) >= 11 is 1.31. The van der Waals surface area contributed by atoms with Crippen molar-refractivity contribution in [3.05, 3.63) is 58.3 Å². The SMILES string of the molecule is CN(C)S(=O)(=O)c1ccc(SCc2ccccc2[N+](=O)[O-])nc1. The van der Waals surface area contributed by atoms with Crippen molar-refractivity contribution in [3.63, 3.8) is 0 Å². The van der Waals surface area contributed by atoms with Crippen LogP contribution in [0.5, 0.6) is 0 Å². The second-order valence-corrected chi connectivity index (χ2v) is 7.94. The van der Waals surface area contributed by atoms with Crippen LogP contribution in [-0.4, -0.2) is 36.7 Å². The number of thioether (sulfide) groups is 1. The third-order valence-electron chi connectivity index (χ3n) is 3.05. The standard InChI is InChI=1S/C14H15N3O4S2/c1-16(2)23(20,21)12-7-8-14(15-9-12)22-10-11-5-3-4-6-13(11)17(18)19/h3-9H,10H2,1-2H3. The molecule has 1 aromatic heterocycles. The van der Waals surface area contributed by atoms with Gasteiger partial charge in [-0.05, 0) is 12.1 Å². The molecule has 0 amide bonds. The molecule has 0 aliphatic heterocycles. The van der Waals surface area contributed by atoms with E-state index in [4.69, 9.17) is 0 Å². The van der Waals surface area contributed by atoms with Crippen molar-refractivity contribution in [1.29, 1.82) is 0 Å². The molecule has 0 saturated carbocycles. The van der Waals surface area contributed by atoms with E-state index < -0.39 is 14.9 Å². The molecule has 23 heavy (non-hydrogen) atoms. The third kappa shape index (κ3) is 4.06. The summed E-state index contributed by atoms with van der Waals surface area (Å²) in [7, 11) is -0.605. The predicted molar refractivity (Wildman–Crippen MR) is 87.8 cm³/mol. The fourth-order valence-corrected chi connectivity index (χ4v) is 3.46. The van der Waals surface area contributed by atoms with Gasteiger partial charge in [0.15, 0.2) is 0 Å². The Labute approximate surface area is 138 Å². The molecule has 9 heteroatoms. The Morgan fingerprint density at radius 1 is 1.22 bits per heavy atom. The third-order valence-corrected chi connectivity index (χ3v) is 5.84. The van der Waals surface area contributed by atoms with E-state index in [1.165, 1.54) is 44.2 Å². The van der Waals surface area contributed by atoms with Crippen molar-refractivity contribution >= 4 is 27.5 Å². The predicted octanol–water partition coefficient (Wildman–Crippen LogP) is 2.53. The molecular formula is C14H15N3O4S2. The summed E-state index contributed by atoms with van der Waals surface area (Å²) in [4.78, 5) is 14.8. The Hall–Kier alpha value is -1.97. The number of sulfonamides is 1. The maximum Gasteiger partial charge on any atom is 0.273 e. The Morgan fingerprint density at radius 2 is 1.91 bits per heavy atom. The molecule has 0 N–H and O–H groups in total. The number of hydrogen-bond acceptors (Lipinski definition) is 6. The second-order valence-electron chi connectivity index (χ2n) is 4.79. The topological polar surface area (TPSA) is 93.4 Å². The van der Waals surface area contributed by atoms with E-state index in [0.29, 0.717) is 16.3 Å². The highest BCUT2D eigenvalue weighted by molar-refractivity contribution is 7.98. The van der Waals surface area contributed by atoms with Crippen LogP contribution in [0.1, 0.15) is 5.56 Å². The summed E-state index contributed by atoms with van der Waals surface area (Å²) in [5.74, 6) is 0.379. The highest BCUT2D eigenvalue weighted by Gasteiger charge is 2.17. The fourth-order valence-electron chi connectivity index (χ4n) is 1.78. The second kappa shape index (κ2) is 7.07. The molecule has 0 bridgehead atoms. The molecule has 122 valence electrons. The Bertz CT molecular complexity index is 805. The van der Waals surface area contributed by atoms with E-state index >= 15 is 0 Å². The normalized spacial score (nSPS) is 11.6. The Balaban J connectivity index is 2.13. The van der Waals surface area contributed by atoms with Gasteiger partial charge in [0.2, 0.25) is 10.0 Å². The van der Waals surface area contributed by atoms with Crippen molar-refractivity contribution in [2.75, 3.05) is 14.1 Å². The molecule has 1 aromatic carbocycles. The first kappa shape index (κ1) is 17.4. The van der Waals surface area contributed by atoms with Gasteiger partial charge in [-0.1, -0.05) is 18.2 Å². The molecule has 0 aliphatic rings. The summed E-state index contributed by atoms with van der Waals surface area (Å²) in [5.41, 5.74) is 0.654. The zero-order valence-corrected chi connectivity index (χ0v) is 14.2. The van der Waals surface area contributed by atoms with Gasteiger partial charge >= 0.3 is 0 Å². The Kier molecular flexibility index (Phi) is 5.34. The number of nitrogens with zero attached hydrogens (tertiary/aromatic N) is 3. The van der Waals surface area contributed by atoms with E-state index in [2.05, 4.69) is 4.98 Å². The van der Waals surface area contributed by atoms with Crippen LogP contribution in [0, 0.1) is 10.1 Å². The van der Waals surface area contributed by atoms with Crippen LogP contribution in [-0.2, 0) is 15.8 Å². The number of nitro benzene ring substituents is 1. The van der Waals surface area contributed by atoms with E-state index in [9.17, 15) is 18.5 Å². The lowest BCUT2D eigenvalue weighted by atomic mass is 10.2. The zero-order valence-electron chi connectivity index (χ0n) is 12.5. The first-order valence-corrected chi connectivity index (χ1v) is 8.98. The molecule has 0 radical (unpaired) electrons. The quantitative estimate of drug-likeness (QED) is 0.450. The molecule has 0 atom stereocenters. The number of aromatic nitrogens is 1. The molecule has 1 heterocycles. The maximum atomic E-state index is 11.9. The molecular weight excluding hydrogens is 338 g/mol. The number of para-hydroxylation sites is 1. The summed E-state index contributed by atoms with van der Waals surface area (Å²) in [6, 6.07) is 9.57. The maximum absolute atomic E-state index is 11.9. The molecule has 0 aliphatic carbocycles. The first-order chi connectivity index (χ1) is 10.8. The van der Waals surface area contributed by atoms with Gasteiger partial charge in [-0.2, -0.15) is 0 Å². The van der Waals surface area contributed by atoms with Crippen LogP contribution >= 0.6 is 11.8 Å². The molecule has 0 unspecified atom stereocenters. The largest absolute Gasteiger partial charge is 0.273 e. The fraction of sp³-hybridized carbons (Fsp3) is 0.214. The Morgan fingerprint density at radius 3 is 2.48 bits per heavy atom. The number of hydrogen-bond donors (Lipinski definition) is 0. The van der Waals surface area contributed by atoms with Gasteiger partial charge in [0.05, 0.1) is 9.95 Å². The van der Waals surface area contributed by atoms with Crippen LogP contribution in [0.25, 0.3) is 0 Å². The van der Waals surface area contributed by atoms with Crippen LogP contribution in [0.2, 0.25) is 0 Å². The summed E-state index contributed by atoms with van der Waals surface area (Å²) in [6.45, 7) is 0. The minimum Gasteiger partial charge on any atom is -0.258 e. The minimum atomic E-state index is -3.51. The number of benzene rings is 1. The molecule has 2 rings (SSSR count). The zero-order chi connectivity index (χ0) is 17.0.